The van der Waals surface area contributed by atoms with E-state index in [1.165, 1.54) is 0 Å². The number of nitrogens with one attached hydrogen (secondary N) is 1. The molecule has 0 spiro atoms. The van der Waals surface area contributed by atoms with Crippen molar-refractivity contribution in [3.05, 3.63) is 0 Å². The molecule has 1 unspecified atom stereocenters. The van der Waals surface area contributed by atoms with Gasteiger partial charge in [-0.2, -0.15) is 11.8 Å². The van der Waals surface area contributed by atoms with Gasteiger partial charge in [0.25, 0.3) is 0 Å². The molecular formula is C20H41NO2S. The van der Waals surface area contributed by atoms with E-state index in [0.29, 0.717) is 17.1 Å². The van der Waals surface area contributed by atoms with Gasteiger partial charge in [0.2, 0.25) is 5.91 Å². The average molecular weight is 360 g/mol. The maximum absolute atomic E-state index is 12.0. The number of carbonyl (C=O) groups excluding carboxylic acids is 1. The highest BCUT2D eigenvalue weighted by molar-refractivity contribution is 7.99. The molecule has 1 atom stereocenters. The number of rotatable bonds is 10. The second-order valence-electron chi connectivity index (χ2n) is 9.91. The Labute approximate surface area is 155 Å². The molecule has 0 aliphatic heterocycles. The van der Waals surface area contributed by atoms with Crippen molar-refractivity contribution in [2.45, 2.75) is 92.4 Å². The summed E-state index contributed by atoms with van der Waals surface area (Å²) >= 11 is 1.96. The van der Waals surface area contributed by atoms with Gasteiger partial charge in [0.05, 0.1) is 12.2 Å². The molecule has 3 nitrogen and oxygen atoms in total. The highest BCUT2D eigenvalue weighted by Crippen LogP contribution is 2.25. The predicted molar refractivity (Wildman–Crippen MR) is 108 cm³/mol. The van der Waals surface area contributed by atoms with Crippen LogP contribution < -0.4 is 5.32 Å². The normalized spacial score (nSPS) is 14.5. The van der Waals surface area contributed by atoms with Crippen LogP contribution in [0.25, 0.3) is 0 Å². The summed E-state index contributed by atoms with van der Waals surface area (Å²) in [6, 6.07) is 0. The number of amides is 1. The molecule has 0 aromatic heterocycles. The van der Waals surface area contributed by atoms with E-state index in [-0.39, 0.29) is 16.9 Å². The Kier molecular flexibility index (Phi) is 9.96. The summed E-state index contributed by atoms with van der Waals surface area (Å²) in [5, 5.41) is 3.49. The summed E-state index contributed by atoms with van der Waals surface area (Å²) < 4.78 is 6.06. The molecule has 1 N–H and O–H groups in total. The monoisotopic (exact) mass is 359 g/mol. The van der Waals surface area contributed by atoms with Crippen molar-refractivity contribution in [1.82, 2.24) is 5.32 Å². The van der Waals surface area contributed by atoms with Gasteiger partial charge in [-0.1, -0.05) is 48.5 Å². The van der Waals surface area contributed by atoms with Gasteiger partial charge in [0, 0.05) is 18.2 Å². The summed E-state index contributed by atoms with van der Waals surface area (Å²) in [6.45, 7) is 21.2. The van der Waals surface area contributed by atoms with Crippen molar-refractivity contribution in [1.29, 1.82) is 0 Å². The van der Waals surface area contributed by atoms with Crippen molar-refractivity contribution >= 4 is 17.7 Å². The molecule has 0 saturated heterocycles. The van der Waals surface area contributed by atoms with Crippen LogP contribution in [0.2, 0.25) is 0 Å². The SMILES string of the molecule is CC(COC(C)(C)CCC(=O)NCCC(C)(C)C)SCC(C)(C)C. The lowest BCUT2D eigenvalue weighted by atomic mass is 9.92. The Hall–Kier alpha value is -0.220. The lowest BCUT2D eigenvalue weighted by Gasteiger charge is -2.28. The van der Waals surface area contributed by atoms with Gasteiger partial charge in [0.15, 0.2) is 0 Å². The van der Waals surface area contributed by atoms with E-state index < -0.39 is 0 Å². The van der Waals surface area contributed by atoms with Crippen molar-refractivity contribution in [2.24, 2.45) is 10.8 Å². The topological polar surface area (TPSA) is 38.3 Å². The molecule has 0 bridgehead atoms. The van der Waals surface area contributed by atoms with Crippen LogP contribution in [0, 0.1) is 10.8 Å². The Balaban J connectivity index is 3.97. The largest absolute Gasteiger partial charge is 0.374 e. The Morgan fingerprint density at radius 3 is 2.08 bits per heavy atom. The lowest BCUT2D eigenvalue weighted by molar-refractivity contribution is -0.122. The van der Waals surface area contributed by atoms with Crippen molar-refractivity contribution in [3.8, 4) is 0 Å². The van der Waals surface area contributed by atoms with E-state index in [1.54, 1.807) is 0 Å². The quantitative estimate of drug-likeness (QED) is 0.576. The third kappa shape index (κ3) is 15.3. The minimum Gasteiger partial charge on any atom is -0.374 e. The zero-order chi connectivity index (χ0) is 19.0. The molecule has 0 aromatic carbocycles. The molecule has 0 heterocycles. The Morgan fingerprint density at radius 1 is 1.00 bits per heavy atom. The molecule has 144 valence electrons. The van der Waals surface area contributed by atoms with Crippen LogP contribution in [0.15, 0.2) is 0 Å². The van der Waals surface area contributed by atoms with E-state index in [0.717, 1.165) is 31.7 Å². The maximum Gasteiger partial charge on any atom is 0.220 e. The highest BCUT2D eigenvalue weighted by atomic mass is 32.2. The van der Waals surface area contributed by atoms with Crippen LogP contribution in [0.4, 0.5) is 0 Å². The van der Waals surface area contributed by atoms with Crippen LogP contribution in [0.3, 0.4) is 0 Å². The van der Waals surface area contributed by atoms with Gasteiger partial charge in [0.1, 0.15) is 0 Å². The smallest absolute Gasteiger partial charge is 0.220 e. The minimum absolute atomic E-state index is 0.131. The fraction of sp³-hybridized carbons (Fsp3) is 0.950. The standard InChI is InChI=1S/C20H41NO2S/c1-16(24-15-19(5,6)7)14-23-20(8,9)11-10-17(22)21-13-12-18(2,3)4/h16H,10-15H2,1-9H3,(H,21,22). The second-order valence-corrected chi connectivity index (χ2v) is 11.3. The van der Waals surface area contributed by atoms with Crippen LogP contribution in [0.1, 0.15) is 81.6 Å². The summed E-state index contributed by atoms with van der Waals surface area (Å²) in [4.78, 5) is 12.0. The minimum atomic E-state index is -0.252. The zero-order valence-corrected chi connectivity index (χ0v) is 18.4. The number of thioether (sulfide) groups is 1. The molecule has 0 aliphatic carbocycles. The average Bonchev–Trinajstić information content (AvgIpc) is 2.39. The van der Waals surface area contributed by atoms with Crippen LogP contribution >= 0.6 is 11.8 Å². The van der Waals surface area contributed by atoms with Crippen molar-refractivity contribution < 1.29 is 9.53 Å². The second kappa shape index (κ2) is 10.1. The first-order valence-electron chi connectivity index (χ1n) is 9.22. The predicted octanol–water partition coefficient (Wildman–Crippen LogP) is 5.28. The third-order valence-electron chi connectivity index (χ3n) is 3.66. The fourth-order valence-corrected chi connectivity index (χ4v) is 2.88. The molecule has 4 heteroatoms. The molecular weight excluding hydrogens is 318 g/mol. The first-order chi connectivity index (χ1) is 10.7. The molecule has 1 amide bonds. The van der Waals surface area contributed by atoms with Gasteiger partial charge in [-0.3, -0.25) is 4.79 Å². The molecule has 0 fully saturated rings. The van der Waals surface area contributed by atoms with E-state index in [2.05, 4.69) is 67.6 Å². The van der Waals surface area contributed by atoms with E-state index >= 15 is 0 Å². The van der Waals surface area contributed by atoms with Gasteiger partial charge in [-0.25, -0.2) is 0 Å². The van der Waals surface area contributed by atoms with Crippen LogP contribution in [0.5, 0.6) is 0 Å². The fourth-order valence-electron chi connectivity index (χ4n) is 1.94. The molecule has 0 aliphatic rings. The van der Waals surface area contributed by atoms with E-state index in [9.17, 15) is 4.79 Å². The number of hydrogen-bond acceptors (Lipinski definition) is 3. The van der Waals surface area contributed by atoms with E-state index in [1.807, 2.05) is 11.8 Å². The number of ether oxygens (including phenoxy) is 1. The number of hydrogen-bond donors (Lipinski definition) is 1. The van der Waals surface area contributed by atoms with Gasteiger partial charge in [-0.15, -0.1) is 0 Å². The van der Waals surface area contributed by atoms with Gasteiger partial charge < -0.3 is 10.1 Å². The zero-order valence-electron chi connectivity index (χ0n) is 17.5. The molecule has 0 rings (SSSR count). The summed E-state index contributed by atoms with van der Waals surface area (Å²) in [5.41, 5.74) is 0.355. The molecule has 0 radical (unpaired) electrons. The molecule has 0 aromatic rings. The summed E-state index contributed by atoms with van der Waals surface area (Å²) in [7, 11) is 0. The first kappa shape index (κ1) is 23.8. The Bertz CT molecular complexity index is 367. The van der Waals surface area contributed by atoms with Gasteiger partial charge >= 0.3 is 0 Å². The summed E-state index contributed by atoms with van der Waals surface area (Å²) in [6.07, 6.45) is 2.28. The molecule has 0 saturated carbocycles. The summed E-state index contributed by atoms with van der Waals surface area (Å²) in [5.74, 6) is 1.26. The Morgan fingerprint density at radius 2 is 1.58 bits per heavy atom. The van der Waals surface area contributed by atoms with Crippen molar-refractivity contribution in [2.75, 3.05) is 18.9 Å². The number of carbonyl (C=O) groups is 1. The van der Waals surface area contributed by atoms with E-state index in [4.69, 9.17) is 4.74 Å². The molecule has 24 heavy (non-hydrogen) atoms. The van der Waals surface area contributed by atoms with Crippen LogP contribution in [-0.2, 0) is 9.53 Å². The van der Waals surface area contributed by atoms with Crippen LogP contribution in [-0.4, -0.2) is 35.7 Å². The van der Waals surface area contributed by atoms with Crippen molar-refractivity contribution in [3.63, 3.8) is 0 Å². The lowest BCUT2D eigenvalue weighted by Crippen LogP contribution is -2.32. The first-order valence-corrected chi connectivity index (χ1v) is 10.3. The highest BCUT2D eigenvalue weighted by Gasteiger charge is 2.22. The van der Waals surface area contributed by atoms with Gasteiger partial charge in [-0.05, 0) is 43.3 Å². The third-order valence-corrected chi connectivity index (χ3v) is 5.40. The maximum atomic E-state index is 12.0.